The van der Waals surface area contributed by atoms with Crippen LogP contribution in [0.1, 0.15) is 51.7 Å². The van der Waals surface area contributed by atoms with Gasteiger partial charge in [-0.1, -0.05) is 88.4 Å². The molecule has 4 amide bonds. The molecule has 0 spiro atoms. The zero-order valence-corrected chi connectivity index (χ0v) is 41.5. The van der Waals surface area contributed by atoms with E-state index in [0.717, 1.165) is 11.1 Å². The van der Waals surface area contributed by atoms with Crippen molar-refractivity contribution in [1.82, 2.24) is 21.3 Å². The second-order valence-electron chi connectivity index (χ2n) is 15.9. The molecular formula is C50H62FeN4O10S2+2. The average molecular weight is 999 g/mol. The van der Waals surface area contributed by atoms with Gasteiger partial charge in [-0.15, -0.1) is 0 Å². The minimum Gasteiger partial charge on any atom is -0.467 e. The fraction of sp³-hybridized carbons (Fsp3) is 0.400. The van der Waals surface area contributed by atoms with Crippen molar-refractivity contribution in [1.29, 1.82) is 0 Å². The molecule has 17 heteroatoms. The zero-order chi connectivity index (χ0) is 48.4. The molecule has 0 bridgehead atoms. The van der Waals surface area contributed by atoms with Crippen molar-refractivity contribution < 1.29 is 64.9 Å². The van der Waals surface area contributed by atoms with E-state index in [-0.39, 0.29) is 76.6 Å². The molecule has 0 aromatic heterocycles. The predicted octanol–water partition coefficient (Wildman–Crippen LogP) is 4.25. The summed E-state index contributed by atoms with van der Waals surface area (Å²) in [5.41, 5.74) is 1.76. The monoisotopic (exact) mass is 998 g/mol. The largest absolute Gasteiger partial charge is 2.00 e. The molecule has 0 aliphatic heterocycles. The SMILES string of the molecule is COC(=O)[C@@H](NC(=O)[C@H](Cc1ccccc1)NC(=O)CSCCC(=O)[C]1[CH][CH][CH][CH]1)C(C)C.COC(=O)[C@@H](NC(=O)[C@H](Cc1ccccc1)NC(=O)CSCCC(=O)[C]1[CH][CH][CH][CH]1)C(C)C.[Fe+2]. The van der Waals surface area contributed by atoms with Crippen molar-refractivity contribution in [2.75, 3.05) is 37.2 Å². The number of amides is 4. The van der Waals surface area contributed by atoms with Gasteiger partial charge >= 0.3 is 29.0 Å². The van der Waals surface area contributed by atoms with Gasteiger partial charge in [0.05, 0.1) is 25.7 Å². The van der Waals surface area contributed by atoms with Crippen molar-refractivity contribution in [3.05, 3.63) is 135 Å². The second kappa shape index (κ2) is 32.5. The van der Waals surface area contributed by atoms with Crippen molar-refractivity contribution >= 4 is 70.7 Å². The van der Waals surface area contributed by atoms with Gasteiger partial charge in [0.15, 0.2) is 0 Å². The van der Waals surface area contributed by atoms with Crippen LogP contribution in [0.25, 0.3) is 0 Å². The van der Waals surface area contributed by atoms with Crippen molar-refractivity contribution in [3.63, 3.8) is 0 Å². The van der Waals surface area contributed by atoms with Gasteiger partial charge in [-0.2, -0.15) is 23.5 Å². The summed E-state index contributed by atoms with van der Waals surface area (Å²) in [5.74, 6) is -0.267. The van der Waals surface area contributed by atoms with Crippen LogP contribution >= 0.6 is 23.5 Å². The van der Waals surface area contributed by atoms with E-state index in [0.29, 0.717) is 36.2 Å². The summed E-state index contributed by atoms with van der Waals surface area (Å²) >= 11 is 2.67. The van der Waals surface area contributed by atoms with E-state index in [1.165, 1.54) is 37.7 Å². The van der Waals surface area contributed by atoms with Crippen molar-refractivity contribution in [2.45, 2.75) is 77.5 Å². The van der Waals surface area contributed by atoms with Crippen LogP contribution in [0.5, 0.6) is 0 Å². The Morgan fingerprint density at radius 1 is 0.507 bits per heavy atom. The minimum atomic E-state index is -0.850. The molecule has 0 unspecified atom stereocenters. The number of hydrogen-bond donors (Lipinski definition) is 4. The first-order valence-corrected chi connectivity index (χ1v) is 24.0. The van der Waals surface area contributed by atoms with Gasteiger partial charge in [-0.05, 0) is 74.3 Å². The van der Waals surface area contributed by atoms with E-state index in [4.69, 9.17) is 9.47 Å². The summed E-state index contributed by atoms with van der Waals surface area (Å²) in [6, 6.07) is 15.3. The summed E-state index contributed by atoms with van der Waals surface area (Å²) in [4.78, 5) is 99.3. The Morgan fingerprint density at radius 2 is 0.836 bits per heavy atom. The maximum atomic E-state index is 13.0. The van der Waals surface area contributed by atoms with Crippen LogP contribution in [-0.4, -0.2) is 109 Å². The number of benzene rings is 2. The molecule has 4 rings (SSSR count). The molecule has 67 heavy (non-hydrogen) atoms. The van der Waals surface area contributed by atoms with E-state index in [2.05, 4.69) is 21.3 Å². The van der Waals surface area contributed by atoms with E-state index in [1.807, 2.05) is 86.3 Å². The number of carbonyl (C=O) groups excluding carboxylic acids is 8. The second-order valence-corrected chi connectivity index (χ2v) is 18.1. The summed E-state index contributed by atoms with van der Waals surface area (Å²) < 4.78 is 9.59. The molecular weight excluding hydrogens is 937 g/mol. The fourth-order valence-corrected chi connectivity index (χ4v) is 7.90. The Balaban J connectivity index is 0.000000453. The van der Waals surface area contributed by atoms with E-state index in [1.54, 1.807) is 53.4 Å². The summed E-state index contributed by atoms with van der Waals surface area (Å²) in [6.45, 7) is 7.22. The van der Waals surface area contributed by atoms with Crippen LogP contribution in [0.3, 0.4) is 0 Å². The maximum absolute atomic E-state index is 13.0. The van der Waals surface area contributed by atoms with Crippen LogP contribution in [0.2, 0.25) is 0 Å². The average Bonchev–Trinajstić information content (AvgIpc) is 4.06. The Hall–Kier alpha value is -4.18. The fourth-order valence-electron chi connectivity index (χ4n) is 6.42. The first kappa shape index (κ1) is 58.9. The molecule has 4 atom stereocenters. The van der Waals surface area contributed by atoms with Crippen molar-refractivity contribution in [2.24, 2.45) is 11.8 Å². The normalized spacial score (nSPS) is 15.4. The summed E-state index contributed by atoms with van der Waals surface area (Å²) in [7, 11) is 2.54. The predicted molar refractivity (Wildman–Crippen MR) is 257 cm³/mol. The molecule has 2 aromatic rings. The maximum Gasteiger partial charge on any atom is 2.00 e. The molecule has 2 aliphatic carbocycles. The van der Waals surface area contributed by atoms with Gasteiger partial charge in [-0.3, -0.25) is 28.8 Å². The summed E-state index contributed by atoms with van der Waals surface area (Å²) in [6.07, 6.45) is 15.6. The number of carbonyl (C=O) groups is 8. The third-order valence-electron chi connectivity index (χ3n) is 10.1. The topological polar surface area (TPSA) is 203 Å². The van der Waals surface area contributed by atoms with Crippen LogP contribution in [0.4, 0.5) is 0 Å². The van der Waals surface area contributed by atoms with Gasteiger partial charge in [0.1, 0.15) is 35.7 Å². The van der Waals surface area contributed by atoms with Gasteiger partial charge in [-0.25, -0.2) is 9.59 Å². The van der Waals surface area contributed by atoms with E-state index in [9.17, 15) is 38.4 Å². The van der Waals surface area contributed by atoms with Crippen LogP contribution in [0.15, 0.2) is 60.7 Å². The molecule has 0 heterocycles. The van der Waals surface area contributed by atoms with Crippen LogP contribution in [0, 0.1) is 75.0 Å². The van der Waals surface area contributed by atoms with Gasteiger partial charge < -0.3 is 30.7 Å². The third-order valence-corrected chi connectivity index (χ3v) is 12.0. The van der Waals surface area contributed by atoms with E-state index >= 15 is 0 Å². The minimum absolute atomic E-state index is 0. The summed E-state index contributed by atoms with van der Waals surface area (Å²) in [5, 5.41) is 11.0. The van der Waals surface area contributed by atoms with Gasteiger partial charge in [0.2, 0.25) is 23.6 Å². The molecule has 10 radical (unpaired) electrons. The van der Waals surface area contributed by atoms with Crippen molar-refractivity contribution in [3.8, 4) is 0 Å². The third kappa shape index (κ3) is 22.2. The number of Topliss-reactive ketones (excluding diaryl/α,β-unsaturated/α-hetero) is 2. The standard InChI is InChI=1S/2C25H31N2O5S.Fe/c2*1-17(2)23(25(31)32-3)27-24(30)20(15-18-9-5-4-6-10-18)26-22(29)16-33-14-13-21(28)19-11-7-8-12-19;/h2*4-12,17,20,23H,13-16H2,1-3H3,(H,26,29)(H,27,30);/q;;+2/t2*20-,23-;/m00./s1. The molecule has 2 aliphatic rings. The smallest absolute Gasteiger partial charge is 0.467 e. The first-order valence-electron chi connectivity index (χ1n) is 21.7. The number of thioether (sulfide) groups is 2. The molecule has 0 saturated heterocycles. The Morgan fingerprint density at radius 3 is 1.13 bits per heavy atom. The molecule has 4 N–H and O–H groups in total. The number of esters is 2. The molecule has 2 fully saturated rings. The van der Waals surface area contributed by atoms with E-state index < -0.39 is 47.9 Å². The quantitative estimate of drug-likeness (QED) is 0.0594. The number of rotatable bonds is 26. The number of nitrogens with one attached hydrogen (secondary N) is 4. The van der Waals surface area contributed by atoms with Crippen LogP contribution < -0.4 is 21.3 Å². The first-order chi connectivity index (χ1) is 31.6. The molecule has 2 aromatic carbocycles. The number of ether oxygens (including phenoxy) is 2. The number of hydrogen-bond acceptors (Lipinski definition) is 12. The molecule has 14 nitrogen and oxygen atoms in total. The zero-order valence-electron chi connectivity index (χ0n) is 38.8. The molecule has 2 saturated carbocycles. The number of ketones is 2. The van der Waals surface area contributed by atoms with Gasteiger partial charge in [0, 0.05) is 49.0 Å². The van der Waals surface area contributed by atoms with Gasteiger partial charge in [0.25, 0.3) is 0 Å². The molecule has 360 valence electrons. The Kier molecular flexibility index (Phi) is 28.6. The van der Waals surface area contributed by atoms with Crippen LogP contribution in [-0.2, 0) is 77.7 Å². The Bertz CT molecular complexity index is 1730. The number of methoxy groups -OCH3 is 2. The Labute approximate surface area is 416 Å².